The fourth-order valence-electron chi connectivity index (χ4n) is 2.69. The lowest BCUT2D eigenvalue weighted by atomic mass is 9.89. The molecule has 2 rings (SSSR count). The number of nitrogens with one attached hydrogen (secondary N) is 1. The Labute approximate surface area is 129 Å². The quantitative estimate of drug-likeness (QED) is 0.893. The second kappa shape index (κ2) is 7.10. The molecular weight excluding hydrogens is 260 g/mol. The van der Waals surface area contributed by atoms with Crippen LogP contribution in [0.25, 0.3) is 0 Å². The molecule has 1 aromatic rings. The molecule has 0 aliphatic carbocycles. The Morgan fingerprint density at radius 2 is 2.05 bits per heavy atom. The van der Waals surface area contributed by atoms with Gasteiger partial charge in [-0.25, -0.2) is 9.97 Å². The molecule has 2 heterocycles. The summed E-state index contributed by atoms with van der Waals surface area (Å²) in [6.45, 7) is 14.4. The third-order valence-corrected chi connectivity index (χ3v) is 4.46. The molecule has 0 spiro atoms. The van der Waals surface area contributed by atoms with Gasteiger partial charge < -0.3 is 10.2 Å². The van der Waals surface area contributed by atoms with E-state index in [1.807, 2.05) is 0 Å². The van der Waals surface area contributed by atoms with E-state index in [-0.39, 0.29) is 0 Å². The molecule has 0 aromatic carbocycles. The maximum Gasteiger partial charge on any atom is 0.135 e. The van der Waals surface area contributed by atoms with E-state index in [1.165, 1.54) is 6.42 Å². The fourth-order valence-corrected chi connectivity index (χ4v) is 2.69. The lowest BCUT2D eigenvalue weighted by Crippen LogP contribution is -2.39. The van der Waals surface area contributed by atoms with Crippen molar-refractivity contribution in [3.05, 3.63) is 11.9 Å². The minimum atomic E-state index is 0.355. The zero-order valence-corrected chi connectivity index (χ0v) is 14.2. The lowest BCUT2D eigenvalue weighted by Gasteiger charge is -2.36. The normalized spacial score (nSPS) is 22.7. The van der Waals surface area contributed by atoms with E-state index >= 15 is 0 Å². The average Bonchev–Trinajstić information content (AvgIpc) is 2.47. The zero-order chi connectivity index (χ0) is 15.4. The highest BCUT2D eigenvalue weighted by atomic mass is 15.2. The predicted octanol–water partition coefficient (Wildman–Crippen LogP) is 3.90. The monoisotopic (exact) mass is 290 g/mol. The minimum absolute atomic E-state index is 0.355. The number of hydrogen-bond acceptors (Lipinski definition) is 4. The van der Waals surface area contributed by atoms with Crippen LogP contribution < -0.4 is 10.2 Å². The Bertz CT molecular complexity index is 458. The number of piperidine rings is 1. The van der Waals surface area contributed by atoms with Gasteiger partial charge in [-0.3, -0.25) is 0 Å². The summed E-state index contributed by atoms with van der Waals surface area (Å²) in [5.41, 5.74) is 0. The Hall–Kier alpha value is -1.32. The van der Waals surface area contributed by atoms with Gasteiger partial charge in [0.05, 0.1) is 0 Å². The smallest absolute Gasteiger partial charge is 0.135 e. The van der Waals surface area contributed by atoms with Crippen LogP contribution in [0.4, 0.5) is 11.6 Å². The van der Waals surface area contributed by atoms with Crippen LogP contribution in [0.5, 0.6) is 0 Å². The fraction of sp³-hybridized carbons (Fsp3) is 0.765. The van der Waals surface area contributed by atoms with E-state index in [0.717, 1.165) is 55.4 Å². The van der Waals surface area contributed by atoms with Crippen LogP contribution >= 0.6 is 0 Å². The molecule has 4 heteroatoms. The van der Waals surface area contributed by atoms with Crippen LogP contribution in [0.15, 0.2) is 6.07 Å². The number of aromatic nitrogens is 2. The standard InChI is InChI=1S/C17H30N4/c1-6-8-18-15-10-16(20-17(19-15)12(2)3)21-9-7-13(4)14(5)11-21/h10,12-14H,6-9,11H2,1-5H3,(H,18,19,20). The summed E-state index contributed by atoms with van der Waals surface area (Å²) < 4.78 is 0. The van der Waals surface area contributed by atoms with Crippen LogP contribution in [0.1, 0.15) is 59.2 Å². The minimum Gasteiger partial charge on any atom is -0.370 e. The van der Waals surface area contributed by atoms with Gasteiger partial charge in [-0.15, -0.1) is 0 Å². The molecule has 1 saturated heterocycles. The van der Waals surface area contributed by atoms with Gasteiger partial charge >= 0.3 is 0 Å². The molecule has 118 valence electrons. The van der Waals surface area contributed by atoms with Crippen molar-refractivity contribution in [1.82, 2.24) is 9.97 Å². The van der Waals surface area contributed by atoms with Crippen LogP contribution in [-0.4, -0.2) is 29.6 Å². The molecular formula is C17H30N4. The average molecular weight is 290 g/mol. The van der Waals surface area contributed by atoms with Crippen molar-refractivity contribution in [3.63, 3.8) is 0 Å². The third kappa shape index (κ3) is 4.08. The lowest BCUT2D eigenvalue weighted by molar-refractivity contribution is 0.322. The second-order valence-electron chi connectivity index (χ2n) is 6.74. The molecule has 1 fully saturated rings. The first kappa shape index (κ1) is 16.1. The van der Waals surface area contributed by atoms with Gasteiger partial charge in [0.1, 0.15) is 17.5 Å². The maximum absolute atomic E-state index is 4.80. The first-order chi connectivity index (χ1) is 10.0. The topological polar surface area (TPSA) is 41.0 Å². The van der Waals surface area contributed by atoms with Crippen LogP contribution in [-0.2, 0) is 0 Å². The Morgan fingerprint density at radius 1 is 1.29 bits per heavy atom. The molecule has 1 aliphatic rings. The molecule has 4 nitrogen and oxygen atoms in total. The van der Waals surface area contributed by atoms with E-state index in [4.69, 9.17) is 4.98 Å². The van der Waals surface area contributed by atoms with Crippen molar-refractivity contribution in [2.75, 3.05) is 29.9 Å². The molecule has 21 heavy (non-hydrogen) atoms. The van der Waals surface area contributed by atoms with E-state index < -0.39 is 0 Å². The number of hydrogen-bond donors (Lipinski definition) is 1. The van der Waals surface area contributed by atoms with Crippen molar-refractivity contribution in [2.24, 2.45) is 11.8 Å². The maximum atomic E-state index is 4.80. The van der Waals surface area contributed by atoms with Crippen LogP contribution in [0.2, 0.25) is 0 Å². The van der Waals surface area contributed by atoms with Gasteiger partial charge in [0.2, 0.25) is 0 Å². The molecule has 1 aromatic heterocycles. The zero-order valence-electron chi connectivity index (χ0n) is 14.2. The summed E-state index contributed by atoms with van der Waals surface area (Å²) in [4.78, 5) is 11.9. The molecule has 1 N–H and O–H groups in total. The molecule has 0 bridgehead atoms. The number of anilines is 2. The molecule has 0 saturated carbocycles. The summed E-state index contributed by atoms with van der Waals surface area (Å²) in [5, 5.41) is 3.41. The van der Waals surface area contributed by atoms with Gasteiger partial charge in [0, 0.05) is 31.6 Å². The molecule has 0 amide bonds. The Kier molecular flexibility index (Phi) is 5.43. The first-order valence-corrected chi connectivity index (χ1v) is 8.39. The van der Waals surface area contributed by atoms with E-state index in [9.17, 15) is 0 Å². The van der Waals surface area contributed by atoms with Crippen molar-refractivity contribution in [3.8, 4) is 0 Å². The van der Waals surface area contributed by atoms with Crippen molar-refractivity contribution >= 4 is 11.6 Å². The van der Waals surface area contributed by atoms with E-state index in [1.54, 1.807) is 0 Å². The highest BCUT2D eigenvalue weighted by Gasteiger charge is 2.24. The SMILES string of the molecule is CCCNc1cc(N2CCC(C)C(C)C2)nc(C(C)C)n1. The largest absolute Gasteiger partial charge is 0.370 e. The highest BCUT2D eigenvalue weighted by molar-refractivity contribution is 5.50. The summed E-state index contributed by atoms with van der Waals surface area (Å²) in [6.07, 6.45) is 2.36. The van der Waals surface area contributed by atoms with Gasteiger partial charge in [0.15, 0.2) is 0 Å². The summed E-state index contributed by atoms with van der Waals surface area (Å²) in [7, 11) is 0. The predicted molar refractivity (Wildman–Crippen MR) is 90.1 cm³/mol. The van der Waals surface area contributed by atoms with Crippen LogP contribution in [0.3, 0.4) is 0 Å². The second-order valence-corrected chi connectivity index (χ2v) is 6.74. The van der Waals surface area contributed by atoms with Crippen molar-refractivity contribution < 1.29 is 0 Å². The third-order valence-electron chi connectivity index (χ3n) is 4.46. The van der Waals surface area contributed by atoms with Crippen molar-refractivity contribution in [2.45, 2.75) is 53.4 Å². The van der Waals surface area contributed by atoms with E-state index in [2.05, 4.69) is 55.9 Å². The molecule has 2 unspecified atom stereocenters. The molecule has 0 radical (unpaired) electrons. The van der Waals surface area contributed by atoms with Gasteiger partial charge in [-0.05, 0) is 24.7 Å². The number of rotatable bonds is 5. The van der Waals surface area contributed by atoms with Gasteiger partial charge in [0.25, 0.3) is 0 Å². The molecule has 2 atom stereocenters. The summed E-state index contributed by atoms with van der Waals surface area (Å²) >= 11 is 0. The number of nitrogens with zero attached hydrogens (tertiary/aromatic N) is 3. The summed E-state index contributed by atoms with van der Waals surface area (Å²) in [5.74, 6) is 4.89. The van der Waals surface area contributed by atoms with Crippen molar-refractivity contribution in [1.29, 1.82) is 0 Å². The van der Waals surface area contributed by atoms with Gasteiger partial charge in [-0.2, -0.15) is 0 Å². The molecule has 1 aliphatic heterocycles. The Balaban J connectivity index is 2.22. The highest BCUT2D eigenvalue weighted by Crippen LogP contribution is 2.27. The summed E-state index contributed by atoms with van der Waals surface area (Å²) in [6, 6.07) is 2.12. The Morgan fingerprint density at radius 3 is 2.67 bits per heavy atom. The van der Waals surface area contributed by atoms with Crippen LogP contribution in [0, 0.1) is 11.8 Å². The van der Waals surface area contributed by atoms with E-state index in [0.29, 0.717) is 5.92 Å². The van der Waals surface area contributed by atoms with Gasteiger partial charge in [-0.1, -0.05) is 34.6 Å². The first-order valence-electron chi connectivity index (χ1n) is 8.39.